The Bertz CT molecular complexity index is 556. The average Bonchev–Trinajstić information content (AvgIpc) is 2.50. The van der Waals surface area contributed by atoms with Crippen LogP contribution in [0.1, 0.15) is 30.9 Å². The lowest BCUT2D eigenvalue weighted by atomic mass is 10.2. The Hall–Kier alpha value is -1.51. The van der Waals surface area contributed by atoms with Crippen molar-refractivity contribution in [2.24, 2.45) is 0 Å². The zero-order valence-corrected chi connectivity index (χ0v) is 13.2. The molecule has 0 saturated carbocycles. The highest BCUT2D eigenvalue weighted by Crippen LogP contribution is 2.16. The van der Waals surface area contributed by atoms with E-state index in [1.165, 1.54) is 5.56 Å². The standard InChI is InChI=1S/C18H22ClNO/c1-2-3-11-21-17-9-6-7-15(12-17)13-20-14-16-8-4-5-10-18(16)19/h4-10,12,20H,2-3,11,13-14H2,1H3. The maximum Gasteiger partial charge on any atom is 0.119 e. The van der Waals surface area contributed by atoms with E-state index in [-0.39, 0.29) is 0 Å². The van der Waals surface area contributed by atoms with Gasteiger partial charge in [0.15, 0.2) is 0 Å². The van der Waals surface area contributed by atoms with Gasteiger partial charge in [0.1, 0.15) is 5.75 Å². The summed E-state index contributed by atoms with van der Waals surface area (Å²) in [6.45, 7) is 4.52. The number of nitrogens with one attached hydrogen (secondary N) is 1. The van der Waals surface area contributed by atoms with E-state index in [1.54, 1.807) is 0 Å². The van der Waals surface area contributed by atoms with Crippen molar-refractivity contribution in [1.29, 1.82) is 0 Å². The number of rotatable bonds is 8. The second-order valence-electron chi connectivity index (χ2n) is 5.04. The second kappa shape index (κ2) is 8.71. The highest BCUT2D eigenvalue weighted by atomic mass is 35.5. The van der Waals surface area contributed by atoms with E-state index in [4.69, 9.17) is 16.3 Å². The molecule has 112 valence electrons. The molecule has 2 rings (SSSR count). The Morgan fingerprint density at radius 2 is 1.90 bits per heavy atom. The molecule has 0 aliphatic heterocycles. The predicted octanol–water partition coefficient (Wildman–Crippen LogP) is 4.81. The fraction of sp³-hybridized carbons (Fsp3) is 0.333. The van der Waals surface area contributed by atoms with Crippen molar-refractivity contribution in [3.05, 3.63) is 64.7 Å². The molecule has 3 heteroatoms. The SMILES string of the molecule is CCCCOc1cccc(CNCc2ccccc2Cl)c1. The zero-order valence-electron chi connectivity index (χ0n) is 12.4. The third-order valence-corrected chi connectivity index (χ3v) is 3.64. The lowest BCUT2D eigenvalue weighted by Crippen LogP contribution is -2.13. The van der Waals surface area contributed by atoms with Crippen LogP contribution >= 0.6 is 11.6 Å². The minimum absolute atomic E-state index is 0.764. The van der Waals surface area contributed by atoms with Crippen LogP contribution in [0.15, 0.2) is 48.5 Å². The largest absolute Gasteiger partial charge is 0.494 e. The molecule has 1 N–H and O–H groups in total. The van der Waals surface area contributed by atoms with Crippen molar-refractivity contribution in [2.45, 2.75) is 32.9 Å². The summed E-state index contributed by atoms with van der Waals surface area (Å²) in [6.07, 6.45) is 2.24. The molecule has 0 radical (unpaired) electrons. The van der Waals surface area contributed by atoms with Crippen molar-refractivity contribution in [3.8, 4) is 5.75 Å². The molecule has 2 aromatic rings. The summed E-state index contributed by atoms with van der Waals surface area (Å²) >= 11 is 6.14. The summed E-state index contributed by atoms with van der Waals surface area (Å²) in [5.41, 5.74) is 2.34. The molecule has 0 fully saturated rings. The molecule has 2 aromatic carbocycles. The van der Waals surface area contributed by atoms with Gasteiger partial charge in [0.25, 0.3) is 0 Å². The van der Waals surface area contributed by atoms with Gasteiger partial charge in [-0.25, -0.2) is 0 Å². The predicted molar refractivity (Wildman–Crippen MR) is 88.8 cm³/mol. The van der Waals surface area contributed by atoms with E-state index < -0.39 is 0 Å². The molecule has 0 aliphatic rings. The fourth-order valence-electron chi connectivity index (χ4n) is 2.06. The van der Waals surface area contributed by atoms with Crippen molar-refractivity contribution in [1.82, 2.24) is 5.32 Å². The van der Waals surface area contributed by atoms with Crippen LogP contribution in [-0.2, 0) is 13.1 Å². The topological polar surface area (TPSA) is 21.3 Å². The first-order valence-electron chi connectivity index (χ1n) is 7.45. The fourth-order valence-corrected chi connectivity index (χ4v) is 2.27. The maximum absolute atomic E-state index is 6.14. The van der Waals surface area contributed by atoms with Crippen molar-refractivity contribution >= 4 is 11.6 Å². The monoisotopic (exact) mass is 303 g/mol. The van der Waals surface area contributed by atoms with Gasteiger partial charge in [0, 0.05) is 18.1 Å². The van der Waals surface area contributed by atoms with Gasteiger partial charge in [0.2, 0.25) is 0 Å². The van der Waals surface area contributed by atoms with Gasteiger partial charge in [0.05, 0.1) is 6.61 Å². The van der Waals surface area contributed by atoms with Crippen molar-refractivity contribution in [2.75, 3.05) is 6.61 Å². The molecular weight excluding hydrogens is 282 g/mol. The summed E-state index contributed by atoms with van der Waals surface area (Å²) in [7, 11) is 0. The van der Waals surface area contributed by atoms with Gasteiger partial charge in [-0.3, -0.25) is 0 Å². The number of benzene rings is 2. The first kappa shape index (κ1) is 15.9. The van der Waals surface area contributed by atoms with Gasteiger partial charge in [-0.2, -0.15) is 0 Å². The van der Waals surface area contributed by atoms with Crippen molar-refractivity contribution in [3.63, 3.8) is 0 Å². The van der Waals surface area contributed by atoms with Crippen LogP contribution in [0, 0.1) is 0 Å². The molecule has 0 saturated heterocycles. The van der Waals surface area contributed by atoms with E-state index in [9.17, 15) is 0 Å². The van der Waals surface area contributed by atoms with Crippen LogP contribution in [0.25, 0.3) is 0 Å². The smallest absolute Gasteiger partial charge is 0.119 e. The highest BCUT2D eigenvalue weighted by molar-refractivity contribution is 6.31. The minimum Gasteiger partial charge on any atom is -0.494 e. The quantitative estimate of drug-likeness (QED) is 0.707. The maximum atomic E-state index is 6.14. The number of unbranched alkanes of at least 4 members (excludes halogenated alkanes) is 1. The Balaban J connectivity index is 1.83. The zero-order chi connectivity index (χ0) is 14.9. The summed E-state index contributed by atoms with van der Waals surface area (Å²) < 4.78 is 5.72. The highest BCUT2D eigenvalue weighted by Gasteiger charge is 2.00. The number of halogens is 1. The van der Waals surface area contributed by atoms with Crippen LogP contribution in [0.4, 0.5) is 0 Å². The molecule has 0 aliphatic carbocycles. The lowest BCUT2D eigenvalue weighted by Gasteiger charge is -2.09. The minimum atomic E-state index is 0.764. The van der Waals surface area contributed by atoms with Gasteiger partial charge in [-0.05, 0) is 35.7 Å². The summed E-state index contributed by atoms with van der Waals surface area (Å²) in [6, 6.07) is 16.1. The third kappa shape index (κ3) is 5.41. The van der Waals surface area contributed by atoms with Crippen LogP contribution < -0.4 is 10.1 Å². The van der Waals surface area contributed by atoms with E-state index >= 15 is 0 Å². The summed E-state index contributed by atoms with van der Waals surface area (Å²) in [4.78, 5) is 0. The molecule has 21 heavy (non-hydrogen) atoms. The van der Waals surface area contributed by atoms with Crippen LogP contribution in [0.3, 0.4) is 0 Å². The summed E-state index contributed by atoms with van der Waals surface area (Å²) in [5, 5.41) is 4.22. The number of ether oxygens (including phenoxy) is 1. The Morgan fingerprint density at radius 3 is 2.71 bits per heavy atom. The molecular formula is C18H22ClNO. The van der Waals surface area contributed by atoms with E-state index in [1.807, 2.05) is 36.4 Å². The van der Waals surface area contributed by atoms with Crippen molar-refractivity contribution < 1.29 is 4.74 Å². The Kier molecular flexibility index (Phi) is 6.58. The van der Waals surface area contributed by atoms with E-state index in [2.05, 4.69) is 24.4 Å². The van der Waals surface area contributed by atoms with Crippen LogP contribution in [-0.4, -0.2) is 6.61 Å². The lowest BCUT2D eigenvalue weighted by molar-refractivity contribution is 0.309. The molecule has 0 amide bonds. The van der Waals surface area contributed by atoms with Gasteiger partial charge >= 0.3 is 0 Å². The average molecular weight is 304 g/mol. The first-order valence-corrected chi connectivity index (χ1v) is 7.83. The molecule has 0 bridgehead atoms. The molecule has 2 nitrogen and oxygen atoms in total. The Labute approximate surface area is 132 Å². The third-order valence-electron chi connectivity index (χ3n) is 3.27. The molecule has 0 spiro atoms. The van der Waals surface area contributed by atoms with E-state index in [0.29, 0.717) is 0 Å². The molecule has 0 aromatic heterocycles. The van der Waals surface area contributed by atoms with Gasteiger partial charge in [-0.1, -0.05) is 55.3 Å². The molecule has 0 unspecified atom stereocenters. The number of hydrogen-bond acceptors (Lipinski definition) is 2. The first-order chi connectivity index (χ1) is 10.3. The molecule has 0 atom stereocenters. The van der Waals surface area contributed by atoms with Gasteiger partial charge < -0.3 is 10.1 Å². The normalized spacial score (nSPS) is 10.6. The van der Waals surface area contributed by atoms with E-state index in [0.717, 1.165) is 48.9 Å². The van der Waals surface area contributed by atoms with Crippen LogP contribution in [0.2, 0.25) is 5.02 Å². The van der Waals surface area contributed by atoms with Gasteiger partial charge in [-0.15, -0.1) is 0 Å². The molecule has 0 heterocycles. The number of hydrogen-bond donors (Lipinski definition) is 1. The second-order valence-corrected chi connectivity index (χ2v) is 5.45. The summed E-state index contributed by atoms with van der Waals surface area (Å²) in [5.74, 6) is 0.945. The van der Waals surface area contributed by atoms with Crippen LogP contribution in [0.5, 0.6) is 5.75 Å². The Morgan fingerprint density at radius 1 is 1.05 bits per heavy atom.